The van der Waals surface area contributed by atoms with Gasteiger partial charge in [-0.05, 0) is 31.3 Å². The van der Waals surface area contributed by atoms with Gasteiger partial charge >= 0.3 is 11.9 Å². The standard InChI is InChI=1S/C19H26O5/c1-9(2)17(21)24-16-15-11(4)18(22)23-13(15)8-10(3)12-6-7-14(20)19(12,16)5/h6-7,9-13,15-16H,8H2,1-5H3/t10?,11?,12-,13-,15+,16?,19+/m1/s1. The highest BCUT2D eigenvalue weighted by molar-refractivity contribution is 5.98. The molecule has 132 valence electrons. The lowest BCUT2D eigenvalue weighted by atomic mass is 9.66. The van der Waals surface area contributed by atoms with Crippen molar-refractivity contribution in [1.29, 1.82) is 0 Å². The summed E-state index contributed by atoms with van der Waals surface area (Å²) in [5.74, 6) is -1.39. The van der Waals surface area contributed by atoms with Crippen molar-refractivity contribution in [3.05, 3.63) is 12.2 Å². The molecule has 1 saturated heterocycles. The average molecular weight is 334 g/mol. The van der Waals surface area contributed by atoms with Gasteiger partial charge in [0.15, 0.2) is 5.78 Å². The molecular formula is C19H26O5. The first-order chi connectivity index (χ1) is 11.2. The third-order valence-corrected chi connectivity index (χ3v) is 6.20. The van der Waals surface area contributed by atoms with E-state index >= 15 is 0 Å². The van der Waals surface area contributed by atoms with Crippen LogP contribution >= 0.6 is 0 Å². The van der Waals surface area contributed by atoms with Crippen molar-refractivity contribution in [2.45, 2.75) is 53.2 Å². The number of rotatable bonds is 2. The number of hydrogen-bond donors (Lipinski definition) is 0. The van der Waals surface area contributed by atoms with Crippen LogP contribution in [-0.2, 0) is 23.9 Å². The van der Waals surface area contributed by atoms with Crippen LogP contribution in [0.15, 0.2) is 12.2 Å². The minimum absolute atomic E-state index is 0.00790. The fourth-order valence-corrected chi connectivity index (χ4v) is 4.70. The first-order valence-corrected chi connectivity index (χ1v) is 8.81. The highest BCUT2D eigenvalue weighted by Crippen LogP contribution is 2.54. The third kappa shape index (κ3) is 2.32. The molecule has 0 amide bonds. The second-order valence-electron chi connectivity index (χ2n) is 8.10. The summed E-state index contributed by atoms with van der Waals surface area (Å²) in [5.41, 5.74) is -0.828. The van der Waals surface area contributed by atoms with Gasteiger partial charge in [0.1, 0.15) is 12.2 Å². The maximum Gasteiger partial charge on any atom is 0.309 e. The molecule has 2 fully saturated rings. The number of hydrogen-bond acceptors (Lipinski definition) is 5. The molecule has 7 atom stereocenters. The molecule has 0 bridgehead atoms. The van der Waals surface area contributed by atoms with Gasteiger partial charge in [0, 0.05) is 5.92 Å². The molecule has 0 spiro atoms. The van der Waals surface area contributed by atoms with E-state index in [1.807, 2.05) is 19.9 Å². The summed E-state index contributed by atoms with van der Waals surface area (Å²) in [6.45, 7) is 9.31. The van der Waals surface area contributed by atoms with E-state index < -0.39 is 11.5 Å². The number of esters is 2. The fourth-order valence-electron chi connectivity index (χ4n) is 4.70. The van der Waals surface area contributed by atoms with Crippen molar-refractivity contribution >= 4 is 17.7 Å². The lowest BCUT2D eigenvalue weighted by Gasteiger charge is -2.40. The molecule has 1 saturated carbocycles. The number of carbonyl (C=O) groups excluding carboxylic acids is 3. The van der Waals surface area contributed by atoms with Crippen LogP contribution in [0.25, 0.3) is 0 Å². The maximum absolute atomic E-state index is 12.8. The molecule has 0 aromatic carbocycles. The molecule has 0 N–H and O–H groups in total. The Balaban J connectivity index is 2.07. The largest absolute Gasteiger partial charge is 0.462 e. The van der Waals surface area contributed by atoms with Crippen LogP contribution in [0, 0.1) is 35.0 Å². The van der Waals surface area contributed by atoms with Crippen LogP contribution in [0.2, 0.25) is 0 Å². The zero-order chi connectivity index (χ0) is 17.8. The van der Waals surface area contributed by atoms with Crippen molar-refractivity contribution in [1.82, 2.24) is 0 Å². The third-order valence-electron chi connectivity index (χ3n) is 6.20. The molecule has 0 aromatic heterocycles. The molecule has 24 heavy (non-hydrogen) atoms. The zero-order valence-corrected chi connectivity index (χ0v) is 14.9. The van der Waals surface area contributed by atoms with Gasteiger partial charge in [-0.1, -0.05) is 33.8 Å². The molecular weight excluding hydrogens is 308 g/mol. The Hall–Kier alpha value is -1.65. The maximum atomic E-state index is 12.8. The molecule has 5 nitrogen and oxygen atoms in total. The molecule has 2 aliphatic carbocycles. The Morgan fingerprint density at radius 2 is 2.00 bits per heavy atom. The smallest absolute Gasteiger partial charge is 0.309 e. The highest BCUT2D eigenvalue weighted by Gasteiger charge is 2.62. The summed E-state index contributed by atoms with van der Waals surface area (Å²) in [7, 11) is 0. The van der Waals surface area contributed by atoms with Gasteiger partial charge in [-0.25, -0.2) is 0 Å². The van der Waals surface area contributed by atoms with Crippen LogP contribution in [0.1, 0.15) is 41.0 Å². The predicted octanol–water partition coefficient (Wildman–Crippen LogP) is 2.53. The molecule has 3 unspecified atom stereocenters. The molecule has 1 heterocycles. The first kappa shape index (κ1) is 17.2. The van der Waals surface area contributed by atoms with Gasteiger partial charge in [-0.15, -0.1) is 0 Å². The van der Waals surface area contributed by atoms with Crippen LogP contribution in [0.4, 0.5) is 0 Å². The summed E-state index contributed by atoms with van der Waals surface area (Å²) in [6, 6.07) is 0. The Bertz CT molecular complexity index is 607. The van der Waals surface area contributed by atoms with Crippen LogP contribution < -0.4 is 0 Å². The average Bonchev–Trinajstić information content (AvgIpc) is 2.92. The van der Waals surface area contributed by atoms with Crippen molar-refractivity contribution in [3.8, 4) is 0 Å². The number of allylic oxidation sites excluding steroid dienone is 2. The normalized spacial score (nSPS) is 44.1. The van der Waals surface area contributed by atoms with Crippen molar-refractivity contribution in [2.24, 2.45) is 35.0 Å². The van der Waals surface area contributed by atoms with E-state index in [0.29, 0.717) is 6.42 Å². The number of fused-ring (bicyclic) bond motifs is 2. The molecule has 0 aromatic rings. The van der Waals surface area contributed by atoms with Crippen LogP contribution in [0.3, 0.4) is 0 Å². The van der Waals surface area contributed by atoms with Crippen molar-refractivity contribution in [2.75, 3.05) is 0 Å². The van der Waals surface area contributed by atoms with E-state index in [-0.39, 0.29) is 53.4 Å². The van der Waals surface area contributed by atoms with Crippen LogP contribution in [-0.4, -0.2) is 29.9 Å². The van der Waals surface area contributed by atoms with E-state index in [0.717, 1.165) is 0 Å². The van der Waals surface area contributed by atoms with E-state index in [1.165, 1.54) is 0 Å². The number of carbonyl (C=O) groups is 3. The SMILES string of the molecule is CC(C)C(=O)OC1[C@H]2C(C)C(=O)O[C@@H]2CC(C)[C@H]2C=CC(=O)[C@@]12C. The zero-order valence-electron chi connectivity index (χ0n) is 14.9. The van der Waals surface area contributed by atoms with E-state index in [1.54, 1.807) is 19.9 Å². The Morgan fingerprint density at radius 1 is 1.33 bits per heavy atom. The quantitative estimate of drug-likeness (QED) is 0.726. The van der Waals surface area contributed by atoms with E-state index in [9.17, 15) is 14.4 Å². The molecule has 3 aliphatic rings. The van der Waals surface area contributed by atoms with Gasteiger partial charge in [0.25, 0.3) is 0 Å². The van der Waals surface area contributed by atoms with Crippen molar-refractivity contribution < 1.29 is 23.9 Å². The second kappa shape index (κ2) is 5.71. The monoisotopic (exact) mass is 334 g/mol. The number of ether oxygens (including phenoxy) is 2. The summed E-state index contributed by atoms with van der Waals surface area (Å²) in [6.07, 6.45) is 3.30. The van der Waals surface area contributed by atoms with Gasteiger partial charge in [-0.3, -0.25) is 14.4 Å². The Morgan fingerprint density at radius 3 is 2.62 bits per heavy atom. The molecule has 3 rings (SSSR count). The van der Waals surface area contributed by atoms with Gasteiger partial charge in [-0.2, -0.15) is 0 Å². The summed E-state index contributed by atoms with van der Waals surface area (Å²) in [5, 5.41) is 0. The lowest BCUT2D eigenvalue weighted by molar-refractivity contribution is -0.170. The molecule has 5 heteroatoms. The number of ketones is 1. The minimum atomic E-state index is -0.828. The second-order valence-corrected chi connectivity index (χ2v) is 8.10. The van der Waals surface area contributed by atoms with Crippen LogP contribution in [0.5, 0.6) is 0 Å². The Kier molecular flexibility index (Phi) is 4.09. The predicted molar refractivity (Wildman–Crippen MR) is 86.8 cm³/mol. The topological polar surface area (TPSA) is 69.7 Å². The van der Waals surface area contributed by atoms with Crippen molar-refractivity contribution in [3.63, 3.8) is 0 Å². The van der Waals surface area contributed by atoms with Gasteiger partial charge in [0.2, 0.25) is 0 Å². The molecule has 1 aliphatic heterocycles. The minimum Gasteiger partial charge on any atom is -0.462 e. The summed E-state index contributed by atoms with van der Waals surface area (Å²) >= 11 is 0. The van der Waals surface area contributed by atoms with Gasteiger partial charge < -0.3 is 9.47 Å². The Labute approximate surface area is 142 Å². The first-order valence-electron chi connectivity index (χ1n) is 8.81. The lowest BCUT2D eigenvalue weighted by Crippen LogP contribution is -2.50. The van der Waals surface area contributed by atoms with E-state index in [4.69, 9.17) is 9.47 Å². The van der Waals surface area contributed by atoms with Gasteiger partial charge in [0.05, 0.1) is 17.3 Å². The van der Waals surface area contributed by atoms with E-state index in [2.05, 4.69) is 6.92 Å². The summed E-state index contributed by atoms with van der Waals surface area (Å²) < 4.78 is 11.4. The fraction of sp³-hybridized carbons (Fsp3) is 0.737. The summed E-state index contributed by atoms with van der Waals surface area (Å²) in [4.78, 5) is 37.2. The molecule has 0 radical (unpaired) electrons. The highest BCUT2D eigenvalue weighted by atomic mass is 16.6.